The molecular weight excluding hydrogens is 354 g/mol. The summed E-state index contributed by atoms with van der Waals surface area (Å²) in [6.07, 6.45) is 7.23. The summed E-state index contributed by atoms with van der Waals surface area (Å²) in [6, 6.07) is 0. The highest BCUT2D eigenvalue weighted by Gasteiger charge is 2.63. The van der Waals surface area contributed by atoms with Gasteiger partial charge < -0.3 is 15.2 Å². The summed E-state index contributed by atoms with van der Waals surface area (Å²) in [5, 5.41) is 13.0. The summed E-state index contributed by atoms with van der Waals surface area (Å²) in [5.74, 6) is -0.573. The van der Waals surface area contributed by atoms with Crippen LogP contribution in [0, 0.1) is 28.6 Å². The third kappa shape index (κ3) is 4.90. The first-order valence-corrected chi connectivity index (χ1v) is 10.7. The predicted octanol–water partition coefficient (Wildman–Crippen LogP) is 5.40. The Hall–Kier alpha value is -1.52. The minimum Gasteiger partial charge on any atom is -0.481 e. The number of nitrogens with one attached hydrogen (secondary N) is 1. The molecular formula is C23H39NO4. The number of alkyl carbamates (subject to hydrolysis) is 1. The van der Waals surface area contributed by atoms with Crippen LogP contribution in [0.1, 0.15) is 80.6 Å². The smallest absolute Gasteiger partial charge is 0.407 e. The zero-order valence-corrected chi connectivity index (χ0v) is 18.7. The largest absolute Gasteiger partial charge is 0.481 e. The molecule has 28 heavy (non-hydrogen) atoms. The van der Waals surface area contributed by atoms with E-state index in [0.717, 1.165) is 25.7 Å². The second kappa shape index (κ2) is 8.08. The van der Waals surface area contributed by atoms with E-state index < -0.39 is 34.4 Å². The van der Waals surface area contributed by atoms with Gasteiger partial charge in [-0.1, -0.05) is 45.8 Å². The zero-order chi connectivity index (χ0) is 21.3. The van der Waals surface area contributed by atoms with Crippen molar-refractivity contribution in [2.45, 2.75) is 86.2 Å². The third-order valence-electron chi connectivity index (χ3n) is 6.25. The number of amides is 1. The Bertz CT molecular complexity index is 625. The second-order valence-electron chi connectivity index (χ2n) is 10.8. The Kier molecular flexibility index (Phi) is 6.57. The topological polar surface area (TPSA) is 75.6 Å². The normalized spacial score (nSPS) is 28.0. The van der Waals surface area contributed by atoms with E-state index in [-0.39, 0.29) is 5.92 Å². The van der Waals surface area contributed by atoms with Crippen LogP contribution in [0.25, 0.3) is 0 Å². The van der Waals surface area contributed by atoms with Crippen LogP contribution < -0.4 is 5.32 Å². The molecule has 0 saturated heterocycles. The van der Waals surface area contributed by atoms with Gasteiger partial charge in [-0.25, -0.2) is 4.79 Å². The summed E-state index contributed by atoms with van der Waals surface area (Å²) in [5.41, 5.74) is 0.0384. The second-order valence-corrected chi connectivity index (χ2v) is 10.8. The molecule has 1 fully saturated rings. The van der Waals surface area contributed by atoms with Crippen molar-refractivity contribution in [2.24, 2.45) is 28.6 Å². The van der Waals surface area contributed by atoms with E-state index in [1.54, 1.807) is 0 Å². The van der Waals surface area contributed by atoms with Crippen LogP contribution in [-0.4, -0.2) is 29.3 Å². The molecule has 1 saturated carbocycles. The van der Waals surface area contributed by atoms with Crippen molar-refractivity contribution in [3.05, 3.63) is 11.6 Å². The number of aliphatic carboxylic acids is 1. The molecule has 2 N–H and O–H groups in total. The molecule has 1 amide bonds. The van der Waals surface area contributed by atoms with Gasteiger partial charge >= 0.3 is 12.1 Å². The van der Waals surface area contributed by atoms with Gasteiger partial charge in [0, 0.05) is 12.0 Å². The molecule has 5 nitrogen and oxygen atoms in total. The molecule has 0 heterocycles. The number of hydrogen-bond donors (Lipinski definition) is 2. The maximum absolute atomic E-state index is 12.3. The molecule has 160 valence electrons. The van der Waals surface area contributed by atoms with Crippen molar-refractivity contribution >= 4 is 12.1 Å². The number of carbonyl (C=O) groups excluding carboxylic acids is 1. The Labute approximate surface area is 170 Å². The fourth-order valence-corrected chi connectivity index (χ4v) is 5.44. The summed E-state index contributed by atoms with van der Waals surface area (Å²) in [4.78, 5) is 24.6. The first-order chi connectivity index (χ1) is 12.8. The lowest BCUT2D eigenvalue weighted by atomic mass is 9.46. The molecule has 0 radical (unpaired) electrons. The average Bonchev–Trinajstić information content (AvgIpc) is 2.83. The van der Waals surface area contributed by atoms with Crippen LogP contribution >= 0.6 is 0 Å². The SMILES string of the molecule is CCCCC1=C[C@H]2[C@@H](C1)C[C@]2(CNC(=O)OC(C)(C)C)C(C(=O)O)C(C)(C)C. The van der Waals surface area contributed by atoms with Gasteiger partial charge in [0.15, 0.2) is 0 Å². The lowest BCUT2D eigenvalue weighted by Crippen LogP contribution is -2.61. The number of fused-ring (bicyclic) bond motifs is 1. The number of allylic oxidation sites excluding steroid dienone is 2. The zero-order valence-electron chi connectivity index (χ0n) is 18.7. The summed E-state index contributed by atoms with van der Waals surface area (Å²) < 4.78 is 5.40. The fourth-order valence-electron chi connectivity index (χ4n) is 5.44. The first-order valence-electron chi connectivity index (χ1n) is 10.7. The highest BCUT2D eigenvalue weighted by atomic mass is 16.6. The van der Waals surface area contributed by atoms with E-state index in [9.17, 15) is 14.7 Å². The number of rotatable bonds is 7. The van der Waals surface area contributed by atoms with E-state index in [0.29, 0.717) is 12.5 Å². The summed E-state index contributed by atoms with van der Waals surface area (Å²) in [6.45, 7) is 14.0. The molecule has 0 aromatic rings. The van der Waals surface area contributed by atoms with E-state index in [1.807, 2.05) is 41.5 Å². The fraction of sp³-hybridized carbons (Fsp3) is 0.826. The number of carboxylic acids is 1. The third-order valence-corrected chi connectivity index (χ3v) is 6.25. The molecule has 2 aliphatic rings. The Balaban J connectivity index is 2.27. The highest BCUT2D eigenvalue weighted by Crippen LogP contribution is 2.64. The monoisotopic (exact) mass is 393 g/mol. The minimum absolute atomic E-state index is 0.217. The van der Waals surface area contributed by atoms with Crippen molar-refractivity contribution < 1.29 is 19.4 Å². The lowest BCUT2D eigenvalue weighted by Gasteiger charge is -2.58. The lowest BCUT2D eigenvalue weighted by molar-refractivity contribution is -0.167. The maximum Gasteiger partial charge on any atom is 0.407 e. The molecule has 0 bridgehead atoms. The maximum atomic E-state index is 12.3. The molecule has 2 rings (SSSR count). The molecule has 2 aliphatic carbocycles. The van der Waals surface area contributed by atoms with Crippen LogP contribution in [0.15, 0.2) is 11.6 Å². The highest BCUT2D eigenvalue weighted by molar-refractivity contribution is 5.73. The molecule has 0 spiro atoms. The van der Waals surface area contributed by atoms with Crippen LogP contribution in [-0.2, 0) is 9.53 Å². The Morgan fingerprint density at radius 1 is 1.29 bits per heavy atom. The van der Waals surface area contributed by atoms with Gasteiger partial charge in [-0.05, 0) is 63.7 Å². The van der Waals surface area contributed by atoms with Crippen LogP contribution in [0.2, 0.25) is 0 Å². The molecule has 5 heteroatoms. The summed E-state index contributed by atoms with van der Waals surface area (Å²) >= 11 is 0. The quantitative estimate of drug-likeness (QED) is 0.568. The first kappa shape index (κ1) is 22.8. The van der Waals surface area contributed by atoms with E-state index in [4.69, 9.17) is 4.74 Å². The van der Waals surface area contributed by atoms with Crippen LogP contribution in [0.5, 0.6) is 0 Å². The number of carboxylic acid groups (broad SMARTS) is 1. The van der Waals surface area contributed by atoms with Crippen LogP contribution in [0.4, 0.5) is 4.79 Å². The van der Waals surface area contributed by atoms with Gasteiger partial charge in [0.1, 0.15) is 5.60 Å². The number of unbranched alkanes of at least 4 members (excludes halogenated alkanes) is 1. The summed E-state index contributed by atoms with van der Waals surface area (Å²) in [7, 11) is 0. The van der Waals surface area contributed by atoms with Crippen LogP contribution in [0.3, 0.4) is 0 Å². The number of carbonyl (C=O) groups is 2. The van der Waals surface area contributed by atoms with Gasteiger partial charge in [-0.3, -0.25) is 4.79 Å². The van der Waals surface area contributed by atoms with Crippen molar-refractivity contribution in [2.75, 3.05) is 6.54 Å². The van der Waals surface area contributed by atoms with Gasteiger partial charge in [-0.2, -0.15) is 0 Å². The van der Waals surface area contributed by atoms with Crippen molar-refractivity contribution in [1.29, 1.82) is 0 Å². The average molecular weight is 394 g/mol. The van der Waals surface area contributed by atoms with E-state index in [1.165, 1.54) is 12.0 Å². The Morgan fingerprint density at radius 3 is 2.43 bits per heavy atom. The molecule has 0 aromatic carbocycles. The Morgan fingerprint density at radius 2 is 1.93 bits per heavy atom. The standard InChI is InChI=1S/C23H39NO4/c1-8-9-10-15-11-16-13-23(17(16)12-15,18(19(25)26)21(2,3)4)14-24-20(27)28-22(5,6)7/h12,16-18H,8-11,13-14H2,1-7H3,(H,24,27)(H,25,26)/t16-,17-,18?,23+/m0/s1. The van der Waals surface area contributed by atoms with Crippen molar-refractivity contribution in [3.63, 3.8) is 0 Å². The van der Waals surface area contributed by atoms with Gasteiger partial charge in [0.2, 0.25) is 0 Å². The van der Waals surface area contributed by atoms with Crippen molar-refractivity contribution in [1.82, 2.24) is 5.32 Å². The predicted molar refractivity (Wildman–Crippen MR) is 111 cm³/mol. The van der Waals surface area contributed by atoms with E-state index >= 15 is 0 Å². The molecule has 1 unspecified atom stereocenters. The molecule has 0 aromatic heterocycles. The van der Waals surface area contributed by atoms with Gasteiger partial charge in [0.25, 0.3) is 0 Å². The van der Waals surface area contributed by atoms with Gasteiger partial charge in [0.05, 0.1) is 5.92 Å². The molecule has 0 aliphatic heterocycles. The number of hydrogen-bond acceptors (Lipinski definition) is 3. The molecule has 4 atom stereocenters. The van der Waals surface area contributed by atoms with Gasteiger partial charge in [-0.15, -0.1) is 0 Å². The number of ether oxygens (including phenoxy) is 1. The minimum atomic E-state index is -0.771. The van der Waals surface area contributed by atoms with E-state index in [2.05, 4.69) is 18.3 Å². The van der Waals surface area contributed by atoms with Crippen molar-refractivity contribution in [3.8, 4) is 0 Å².